The minimum atomic E-state index is -5.27. The van der Waals surface area contributed by atoms with Crippen molar-refractivity contribution in [1.29, 1.82) is 0 Å². The average Bonchev–Trinajstić information content (AvgIpc) is 2.65. The molecule has 170 valence electrons. The smallest absolute Gasteiger partial charge is 0.352 e. The predicted octanol–water partition coefficient (Wildman–Crippen LogP) is 6.65. The first-order valence-corrected chi connectivity index (χ1v) is 9.87. The van der Waals surface area contributed by atoms with Gasteiger partial charge in [-0.1, -0.05) is 13.3 Å². The van der Waals surface area contributed by atoms with E-state index in [0.717, 1.165) is 25.0 Å². The molecule has 0 N–H and O–H groups in total. The zero-order valence-corrected chi connectivity index (χ0v) is 16.7. The maximum Gasteiger partial charge on any atom is 0.422 e. The van der Waals surface area contributed by atoms with E-state index in [2.05, 4.69) is 6.92 Å². The van der Waals surface area contributed by atoms with Gasteiger partial charge < -0.3 is 9.47 Å². The molecule has 3 rings (SSSR count). The van der Waals surface area contributed by atoms with E-state index in [4.69, 9.17) is 9.47 Å². The van der Waals surface area contributed by atoms with Gasteiger partial charge in [0.2, 0.25) is 0 Å². The highest BCUT2D eigenvalue weighted by Crippen LogP contribution is 2.37. The second-order valence-corrected chi connectivity index (χ2v) is 7.54. The summed E-state index contributed by atoms with van der Waals surface area (Å²) in [5.74, 6) is -5.85. The first kappa shape index (κ1) is 23.5. The first-order valence-electron chi connectivity index (χ1n) is 9.87. The summed E-state index contributed by atoms with van der Waals surface area (Å²) in [6.45, 7) is 3.16. The number of aryl methyl sites for hydroxylation is 1. The van der Waals surface area contributed by atoms with E-state index in [1.54, 1.807) is 0 Å². The molecule has 0 bridgehead atoms. The van der Waals surface area contributed by atoms with E-state index in [9.17, 15) is 30.7 Å². The molecular formula is C22H21F7O2. The van der Waals surface area contributed by atoms with Gasteiger partial charge in [-0.3, -0.25) is 0 Å². The summed E-state index contributed by atoms with van der Waals surface area (Å²) in [7, 11) is 0. The first-order chi connectivity index (χ1) is 14.6. The fourth-order valence-corrected chi connectivity index (χ4v) is 3.64. The van der Waals surface area contributed by atoms with Gasteiger partial charge in [0.05, 0.1) is 18.8 Å². The molecule has 0 atom stereocenters. The summed E-state index contributed by atoms with van der Waals surface area (Å²) in [5.41, 5.74) is -3.31. The van der Waals surface area contributed by atoms with Crippen LogP contribution in [0.25, 0.3) is 11.1 Å². The van der Waals surface area contributed by atoms with Crippen molar-refractivity contribution in [2.45, 2.75) is 45.1 Å². The molecule has 2 aromatic carbocycles. The van der Waals surface area contributed by atoms with Crippen LogP contribution in [-0.4, -0.2) is 19.5 Å². The van der Waals surface area contributed by atoms with E-state index in [1.165, 1.54) is 0 Å². The van der Waals surface area contributed by atoms with Crippen molar-refractivity contribution in [1.82, 2.24) is 0 Å². The lowest BCUT2D eigenvalue weighted by Gasteiger charge is -2.29. The Morgan fingerprint density at radius 1 is 0.839 bits per heavy atom. The van der Waals surface area contributed by atoms with Crippen LogP contribution >= 0.6 is 0 Å². The molecule has 0 amide bonds. The van der Waals surface area contributed by atoms with Crippen LogP contribution in [0.3, 0.4) is 0 Å². The molecule has 2 aromatic rings. The molecule has 1 aliphatic rings. The monoisotopic (exact) mass is 450 g/mol. The number of hydrogen-bond donors (Lipinski definition) is 0. The number of rotatable bonds is 6. The summed E-state index contributed by atoms with van der Waals surface area (Å²) >= 11 is 0. The van der Waals surface area contributed by atoms with Gasteiger partial charge in [-0.25, -0.2) is 17.6 Å². The number of benzene rings is 2. The van der Waals surface area contributed by atoms with Crippen LogP contribution in [0.1, 0.15) is 37.3 Å². The standard InChI is InChI=1S/C22H21F7O2/c1-2-3-13-10-30-19(31-11-13)5-4-12-6-15(23)20(16(24)7-12)14-8-17(25)21(18(26)9-14)22(27,28)29/h6-9,13,19H,2-5,10-11H2,1H3. The second-order valence-electron chi connectivity index (χ2n) is 7.54. The van der Waals surface area contributed by atoms with Crippen molar-refractivity contribution in [2.24, 2.45) is 5.92 Å². The lowest BCUT2D eigenvalue weighted by Crippen LogP contribution is -2.32. The minimum absolute atomic E-state index is 0.215. The number of alkyl halides is 3. The molecule has 1 heterocycles. The largest absolute Gasteiger partial charge is 0.422 e. The molecule has 0 aromatic heterocycles. The van der Waals surface area contributed by atoms with Crippen LogP contribution in [0.5, 0.6) is 0 Å². The Balaban J connectivity index is 1.74. The van der Waals surface area contributed by atoms with Crippen molar-refractivity contribution >= 4 is 0 Å². The van der Waals surface area contributed by atoms with Gasteiger partial charge in [0.15, 0.2) is 6.29 Å². The van der Waals surface area contributed by atoms with Gasteiger partial charge in [0.25, 0.3) is 0 Å². The Hall–Kier alpha value is -2.13. The molecule has 1 saturated heterocycles. The molecule has 0 aliphatic carbocycles. The minimum Gasteiger partial charge on any atom is -0.352 e. The summed E-state index contributed by atoms with van der Waals surface area (Å²) in [4.78, 5) is 0. The Labute approximate surface area is 175 Å². The summed E-state index contributed by atoms with van der Waals surface area (Å²) in [6.07, 6.45) is -3.21. The highest BCUT2D eigenvalue weighted by molar-refractivity contribution is 5.66. The Bertz CT molecular complexity index is 873. The summed E-state index contributed by atoms with van der Waals surface area (Å²) in [5, 5.41) is 0. The topological polar surface area (TPSA) is 18.5 Å². The second kappa shape index (κ2) is 9.56. The van der Waals surface area contributed by atoms with Crippen molar-refractivity contribution < 1.29 is 40.2 Å². The summed E-state index contributed by atoms with van der Waals surface area (Å²) in [6, 6.07) is 2.50. The maximum atomic E-state index is 14.5. The number of ether oxygens (including phenoxy) is 2. The van der Waals surface area contributed by atoms with Gasteiger partial charge in [-0.05, 0) is 48.2 Å². The van der Waals surface area contributed by atoms with Gasteiger partial charge >= 0.3 is 6.18 Å². The lowest BCUT2D eigenvalue weighted by atomic mass is 9.98. The van der Waals surface area contributed by atoms with Gasteiger partial charge in [-0.15, -0.1) is 0 Å². The zero-order chi connectivity index (χ0) is 22.8. The van der Waals surface area contributed by atoms with Crippen LogP contribution in [-0.2, 0) is 22.1 Å². The molecule has 31 heavy (non-hydrogen) atoms. The lowest BCUT2D eigenvalue weighted by molar-refractivity contribution is -0.203. The third-order valence-corrected chi connectivity index (χ3v) is 5.12. The van der Waals surface area contributed by atoms with E-state index in [0.29, 0.717) is 25.6 Å². The SMILES string of the molecule is CCCC1COC(CCc2cc(F)c(-c3cc(F)c(C(F)(F)F)c(F)c3)c(F)c2)OC1. The van der Waals surface area contributed by atoms with Crippen molar-refractivity contribution in [3.63, 3.8) is 0 Å². The molecule has 2 nitrogen and oxygen atoms in total. The normalized spacial score (nSPS) is 19.6. The summed E-state index contributed by atoms with van der Waals surface area (Å²) < 4.78 is 106. The highest BCUT2D eigenvalue weighted by Gasteiger charge is 2.38. The van der Waals surface area contributed by atoms with E-state index in [-0.39, 0.29) is 24.1 Å². The van der Waals surface area contributed by atoms with E-state index >= 15 is 0 Å². The van der Waals surface area contributed by atoms with Crippen molar-refractivity contribution in [3.8, 4) is 11.1 Å². The highest BCUT2D eigenvalue weighted by atomic mass is 19.4. The molecule has 1 fully saturated rings. The molecule has 0 saturated carbocycles. The van der Waals surface area contributed by atoms with Crippen LogP contribution in [0.15, 0.2) is 24.3 Å². The Morgan fingerprint density at radius 3 is 1.87 bits per heavy atom. The number of halogens is 7. The molecular weight excluding hydrogens is 429 g/mol. The molecule has 9 heteroatoms. The van der Waals surface area contributed by atoms with E-state index in [1.807, 2.05) is 0 Å². The molecule has 0 spiro atoms. The average molecular weight is 450 g/mol. The maximum absolute atomic E-state index is 14.5. The van der Waals surface area contributed by atoms with Gasteiger partial charge in [0, 0.05) is 12.3 Å². The van der Waals surface area contributed by atoms with Gasteiger partial charge in [0.1, 0.15) is 28.8 Å². The zero-order valence-electron chi connectivity index (χ0n) is 16.7. The van der Waals surface area contributed by atoms with Crippen LogP contribution in [0.4, 0.5) is 30.7 Å². The van der Waals surface area contributed by atoms with Crippen LogP contribution in [0, 0.1) is 29.2 Å². The van der Waals surface area contributed by atoms with Gasteiger partial charge in [-0.2, -0.15) is 13.2 Å². The fraction of sp³-hybridized carbons (Fsp3) is 0.455. The fourth-order valence-electron chi connectivity index (χ4n) is 3.64. The van der Waals surface area contributed by atoms with Crippen molar-refractivity contribution in [3.05, 3.63) is 58.7 Å². The number of hydrogen-bond acceptors (Lipinski definition) is 2. The van der Waals surface area contributed by atoms with E-state index < -0.39 is 52.4 Å². The molecule has 0 radical (unpaired) electrons. The predicted molar refractivity (Wildman–Crippen MR) is 99.1 cm³/mol. The van der Waals surface area contributed by atoms with Crippen LogP contribution in [0.2, 0.25) is 0 Å². The molecule has 1 aliphatic heterocycles. The Morgan fingerprint density at radius 2 is 1.39 bits per heavy atom. The third-order valence-electron chi connectivity index (χ3n) is 5.12. The Kier molecular flexibility index (Phi) is 7.26. The van der Waals surface area contributed by atoms with Crippen molar-refractivity contribution in [2.75, 3.05) is 13.2 Å². The third kappa shape index (κ3) is 5.57. The van der Waals surface area contributed by atoms with Crippen LogP contribution < -0.4 is 0 Å². The molecule has 0 unspecified atom stereocenters. The quantitative estimate of drug-likeness (QED) is 0.459.